The molecule has 0 aromatic heterocycles. The van der Waals surface area contributed by atoms with E-state index in [-0.39, 0.29) is 12.5 Å². The standard InChI is InChI=1S/C13H18ClN3O/c1-10-8-11(14)2-3-12(10)16-4-6-17(7-5-16)13(18)9-15/h2-3,8H,4-7,9,15H2,1H3. The lowest BCUT2D eigenvalue weighted by molar-refractivity contribution is -0.129. The maximum atomic E-state index is 11.5. The molecule has 1 fully saturated rings. The van der Waals surface area contributed by atoms with Gasteiger partial charge in [-0.25, -0.2) is 0 Å². The Labute approximate surface area is 112 Å². The van der Waals surface area contributed by atoms with Crippen LogP contribution in [-0.2, 0) is 4.79 Å². The molecule has 0 radical (unpaired) electrons. The van der Waals surface area contributed by atoms with Gasteiger partial charge in [-0.05, 0) is 30.7 Å². The summed E-state index contributed by atoms with van der Waals surface area (Å²) >= 11 is 5.95. The van der Waals surface area contributed by atoms with Gasteiger partial charge in [0.2, 0.25) is 5.91 Å². The number of benzene rings is 1. The average molecular weight is 268 g/mol. The number of carbonyl (C=O) groups is 1. The Morgan fingerprint density at radius 1 is 1.33 bits per heavy atom. The summed E-state index contributed by atoms with van der Waals surface area (Å²) in [6.45, 7) is 5.30. The lowest BCUT2D eigenvalue weighted by Crippen LogP contribution is -2.50. The number of amides is 1. The molecule has 2 N–H and O–H groups in total. The number of nitrogens with two attached hydrogens (primary N) is 1. The Morgan fingerprint density at radius 3 is 2.56 bits per heavy atom. The Kier molecular flexibility index (Phi) is 4.09. The van der Waals surface area contributed by atoms with Gasteiger partial charge >= 0.3 is 0 Å². The third-order valence-corrected chi connectivity index (χ3v) is 3.54. The molecule has 1 heterocycles. The number of anilines is 1. The summed E-state index contributed by atoms with van der Waals surface area (Å²) in [6.07, 6.45) is 0. The third-order valence-electron chi connectivity index (χ3n) is 3.31. The van der Waals surface area contributed by atoms with E-state index in [0.29, 0.717) is 0 Å². The maximum absolute atomic E-state index is 11.5. The van der Waals surface area contributed by atoms with Gasteiger partial charge in [0.1, 0.15) is 0 Å². The lowest BCUT2D eigenvalue weighted by atomic mass is 10.1. The molecular weight excluding hydrogens is 250 g/mol. The first-order valence-electron chi connectivity index (χ1n) is 6.11. The second-order valence-corrected chi connectivity index (χ2v) is 4.94. The van der Waals surface area contributed by atoms with Crippen LogP contribution in [0.5, 0.6) is 0 Å². The van der Waals surface area contributed by atoms with Crippen molar-refractivity contribution < 1.29 is 4.79 Å². The topological polar surface area (TPSA) is 49.6 Å². The van der Waals surface area contributed by atoms with Crippen molar-refractivity contribution in [3.63, 3.8) is 0 Å². The first kappa shape index (κ1) is 13.2. The summed E-state index contributed by atoms with van der Waals surface area (Å²) in [7, 11) is 0. The molecule has 0 unspecified atom stereocenters. The first-order valence-corrected chi connectivity index (χ1v) is 6.48. The molecule has 0 spiro atoms. The number of piperazine rings is 1. The molecule has 0 saturated carbocycles. The molecule has 98 valence electrons. The highest BCUT2D eigenvalue weighted by molar-refractivity contribution is 6.30. The molecule has 0 atom stereocenters. The number of hydrogen-bond donors (Lipinski definition) is 1. The van der Waals surface area contributed by atoms with Crippen LogP contribution in [0.3, 0.4) is 0 Å². The Hall–Kier alpha value is -1.26. The fourth-order valence-electron chi connectivity index (χ4n) is 2.30. The average Bonchev–Trinajstić information content (AvgIpc) is 2.38. The fraction of sp³-hybridized carbons (Fsp3) is 0.462. The second kappa shape index (κ2) is 5.59. The van der Waals surface area contributed by atoms with Gasteiger partial charge in [0.05, 0.1) is 6.54 Å². The number of carbonyl (C=O) groups excluding carboxylic acids is 1. The molecule has 5 heteroatoms. The molecule has 0 aliphatic carbocycles. The smallest absolute Gasteiger partial charge is 0.236 e. The van der Waals surface area contributed by atoms with Crippen LogP contribution >= 0.6 is 11.6 Å². The Bertz CT molecular complexity index is 442. The zero-order valence-corrected chi connectivity index (χ0v) is 11.3. The van der Waals surface area contributed by atoms with Crippen molar-refractivity contribution in [2.45, 2.75) is 6.92 Å². The number of nitrogens with zero attached hydrogens (tertiary/aromatic N) is 2. The summed E-state index contributed by atoms with van der Waals surface area (Å²) in [4.78, 5) is 15.6. The van der Waals surface area contributed by atoms with Gasteiger partial charge in [0, 0.05) is 36.9 Å². The van der Waals surface area contributed by atoms with Crippen LogP contribution in [0.2, 0.25) is 5.02 Å². The quantitative estimate of drug-likeness (QED) is 0.878. The van der Waals surface area contributed by atoms with E-state index in [2.05, 4.69) is 11.8 Å². The minimum Gasteiger partial charge on any atom is -0.368 e. The van der Waals surface area contributed by atoms with Gasteiger partial charge in [0.25, 0.3) is 0 Å². The van der Waals surface area contributed by atoms with E-state index in [1.807, 2.05) is 23.1 Å². The maximum Gasteiger partial charge on any atom is 0.236 e. The van der Waals surface area contributed by atoms with E-state index in [0.717, 1.165) is 31.2 Å². The van der Waals surface area contributed by atoms with Crippen LogP contribution in [0.15, 0.2) is 18.2 Å². The molecule has 1 aromatic rings. The minimum atomic E-state index is 0.0301. The molecular formula is C13H18ClN3O. The first-order chi connectivity index (χ1) is 8.61. The SMILES string of the molecule is Cc1cc(Cl)ccc1N1CCN(C(=O)CN)CC1. The van der Waals surface area contributed by atoms with Crippen molar-refractivity contribution in [2.24, 2.45) is 5.73 Å². The molecule has 1 aliphatic rings. The van der Waals surface area contributed by atoms with Crippen LogP contribution in [0.1, 0.15) is 5.56 Å². The van der Waals surface area contributed by atoms with Gasteiger partial charge in [-0.3, -0.25) is 4.79 Å². The van der Waals surface area contributed by atoms with E-state index in [4.69, 9.17) is 17.3 Å². The zero-order valence-electron chi connectivity index (χ0n) is 10.5. The zero-order chi connectivity index (χ0) is 13.1. The molecule has 0 bridgehead atoms. The molecule has 1 aromatic carbocycles. The molecule has 1 saturated heterocycles. The van der Waals surface area contributed by atoms with Crippen molar-refractivity contribution in [1.82, 2.24) is 4.90 Å². The van der Waals surface area contributed by atoms with E-state index < -0.39 is 0 Å². The van der Waals surface area contributed by atoms with Crippen LogP contribution in [-0.4, -0.2) is 43.5 Å². The predicted molar refractivity (Wildman–Crippen MR) is 74.0 cm³/mol. The number of aryl methyl sites for hydroxylation is 1. The third kappa shape index (κ3) is 2.76. The lowest BCUT2D eigenvalue weighted by Gasteiger charge is -2.36. The van der Waals surface area contributed by atoms with Crippen LogP contribution in [0, 0.1) is 6.92 Å². The van der Waals surface area contributed by atoms with Gasteiger partial charge in [-0.2, -0.15) is 0 Å². The van der Waals surface area contributed by atoms with E-state index in [1.165, 1.54) is 11.3 Å². The van der Waals surface area contributed by atoms with Crippen LogP contribution < -0.4 is 10.6 Å². The summed E-state index contributed by atoms with van der Waals surface area (Å²) in [5, 5.41) is 0.758. The van der Waals surface area contributed by atoms with Crippen molar-refractivity contribution in [3.8, 4) is 0 Å². The van der Waals surface area contributed by atoms with Crippen molar-refractivity contribution in [1.29, 1.82) is 0 Å². The Morgan fingerprint density at radius 2 is 2.00 bits per heavy atom. The number of hydrogen-bond acceptors (Lipinski definition) is 3. The van der Waals surface area contributed by atoms with Crippen LogP contribution in [0.4, 0.5) is 5.69 Å². The highest BCUT2D eigenvalue weighted by Crippen LogP contribution is 2.24. The monoisotopic (exact) mass is 267 g/mol. The summed E-state index contributed by atoms with van der Waals surface area (Å²) in [5.41, 5.74) is 7.73. The predicted octanol–water partition coefficient (Wildman–Crippen LogP) is 1.26. The summed E-state index contributed by atoms with van der Waals surface area (Å²) in [5.74, 6) is 0.0301. The molecule has 1 amide bonds. The van der Waals surface area contributed by atoms with Crippen molar-refractivity contribution in [2.75, 3.05) is 37.6 Å². The minimum absolute atomic E-state index is 0.0301. The van der Waals surface area contributed by atoms with E-state index >= 15 is 0 Å². The van der Waals surface area contributed by atoms with E-state index in [1.54, 1.807) is 0 Å². The summed E-state index contributed by atoms with van der Waals surface area (Å²) in [6, 6.07) is 5.91. The van der Waals surface area contributed by atoms with Crippen molar-refractivity contribution >= 4 is 23.2 Å². The van der Waals surface area contributed by atoms with Crippen LogP contribution in [0.25, 0.3) is 0 Å². The molecule has 1 aliphatic heterocycles. The van der Waals surface area contributed by atoms with Gasteiger partial charge in [-0.15, -0.1) is 0 Å². The normalized spacial score (nSPS) is 15.9. The van der Waals surface area contributed by atoms with E-state index in [9.17, 15) is 4.79 Å². The van der Waals surface area contributed by atoms with Gasteiger partial charge < -0.3 is 15.5 Å². The molecule has 2 rings (SSSR count). The fourth-order valence-corrected chi connectivity index (χ4v) is 2.53. The molecule has 18 heavy (non-hydrogen) atoms. The number of rotatable bonds is 2. The second-order valence-electron chi connectivity index (χ2n) is 4.50. The largest absolute Gasteiger partial charge is 0.368 e. The number of halogens is 1. The summed E-state index contributed by atoms with van der Waals surface area (Å²) < 4.78 is 0. The van der Waals surface area contributed by atoms with Gasteiger partial charge in [-0.1, -0.05) is 11.6 Å². The Balaban J connectivity index is 2.03. The van der Waals surface area contributed by atoms with Crippen molar-refractivity contribution in [3.05, 3.63) is 28.8 Å². The van der Waals surface area contributed by atoms with Gasteiger partial charge in [0.15, 0.2) is 0 Å². The highest BCUT2D eigenvalue weighted by Gasteiger charge is 2.20. The molecule has 4 nitrogen and oxygen atoms in total. The highest BCUT2D eigenvalue weighted by atomic mass is 35.5.